The lowest BCUT2D eigenvalue weighted by molar-refractivity contribution is 0.142. The van der Waals surface area contributed by atoms with Crippen LogP contribution < -0.4 is 0 Å². The highest BCUT2D eigenvalue weighted by Gasteiger charge is 2.30. The van der Waals surface area contributed by atoms with Crippen molar-refractivity contribution in [2.45, 2.75) is 97.3 Å². The fourth-order valence-electron chi connectivity index (χ4n) is 6.39. The van der Waals surface area contributed by atoms with Gasteiger partial charge in [0.05, 0.1) is 0 Å². The van der Waals surface area contributed by atoms with Crippen molar-refractivity contribution >= 4 is 10.8 Å². The molecule has 0 amide bonds. The normalized spacial score (nSPS) is 27.4. The Morgan fingerprint density at radius 3 is 2.07 bits per heavy atom. The summed E-state index contributed by atoms with van der Waals surface area (Å²) in [4.78, 5) is 0. The van der Waals surface area contributed by atoms with E-state index in [0.29, 0.717) is 0 Å². The summed E-state index contributed by atoms with van der Waals surface area (Å²) in [5.41, 5.74) is 2.24. The molecule has 0 aliphatic heterocycles. The molecule has 0 spiro atoms. The molecule has 0 saturated heterocycles. The van der Waals surface area contributed by atoms with Gasteiger partial charge in [0.1, 0.15) is 5.82 Å². The van der Waals surface area contributed by atoms with Crippen molar-refractivity contribution in [3.63, 3.8) is 0 Å². The highest BCUT2D eigenvalue weighted by atomic mass is 19.1. The number of aryl methyl sites for hydroxylation is 2. The van der Waals surface area contributed by atoms with E-state index in [1.807, 2.05) is 12.1 Å². The van der Waals surface area contributed by atoms with Crippen LogP contribution in [0.2, 0.25) is 0 Å². The lowest BCUT2D eigenvalue weighted by atomic mass is 9.68. The number of hydrogen-bond donors (Lipinski definition) is 0. The summed E-state index contributed by atoms with van der Waals surface area (Å²) in [5.74, 6) is 3.95. The second-order valence-electron chi connectivity index (χ2n) is 10.4. The predicted octanol–water partition coefficient (Wildman–Crippen LogP) is 8.89. The van der Waals surface area contributed by atoms with Gasteiger partial charge in [-0.15, -0.1) is 0 Å². The van der Waals surface area contributed by atoms with Crippen LogP contribution in [0.25, 0.3) is 10.8 Å². The minimum absolute atomic E-state index is 0.00723. The third-order valence-electron chi connectivity index (χ3n) is 8.49. The summed E-state index contributed by atoms with van der Waals surface area (Å²) < 4.78 is 14.7. The average molecular weight is 409 g/mol. The number of halogens is 1. The molecule has 2 aromatic rings. The Labute approximate surface area is 183 Å². The topological polar surface area (TPSA) is 0 Å². The smallest absolute Gasteiger partial charge is 0.134 e. The molecule has 2 saturated carbocycles. The molecule has 0 nitrogen and oxygen atoms in total. The minimum atomic E-state index is -0.00723. The number of rotatable bonds is 7. The zero-order valence-electron chi connectivity index (χ0n) is 19.3. The molecule has 164 valence electrons. The van der Waals surface area contributed by atoms with Crippen LogP contribution in [0.5, 0.6) is 0 Å². The van der Waals surface area contributed by atoms with Gasteiger partial charge in [-0.1, -0.05) is 82.7 Å². The molecular formula is C29H41F. The van der Waals surface area contributed by atoms with E-state index in [1.165, 1.54) is 69.8 Å². The molecule has 0 aromatic heterocycles. The van der Waals surface area contributed by atoms with E-state index in [1.54, 1.807) is 0 Å². The first kappa shape index (κ1) is 21.8. The molecule has 2 aliphatic rings. The van der Waals surface area contributed by atoms with Gasteiger partial charge in [-0.25, -0.2) is 4.39 Å². The summed E-state index contributed by atoms with van der Waals surface area (Å²) >= 11 is 0. The number of hydrogen-bond acceptors (Lipinski definition) is 0. The van der Waals surface area contributed by atoms with E-state index in [-0.39, 0.29) is 5.82 Å². The first-order valence-corrected chi connectivity index (χ1v) is 12.9. The average Bonchev–Trinajstić information content (AvgIpc) is 2.80. The third-order valence-corrected chi connectivity index (χ3v) is 8.49. The number of benzene rings is 2. The van der Waals surface area contributed by atoms with Crippen molar-refractivity contribution in [1.29, 1.82) is 0 Å². The van der Waals surface area contributed by atoms with E-state index < -0.39 is 0 Å². The monoisotopic (exact) mass is 408 g/mol. The SMILES string of the molecule is CCCc1ccc2cc(CCC3CCC(C4CCC(CC)CC4)CC3)ccc2c1F. The van der Waals surface area contributed by atoms with Crippen LogP contribution in [0.15, 0.2) is 30.3 Å². The fourth-order valence-corrected chi connectivity index (χ4v) is 6.39. The standard InChI is InChI=1S/C29H41F/c1-3-5-26-17-18-27-20-23(12-19-28(27)29(26)30)7-6-22-10-15-25(16-11-22)24-13-8-21(4-2)9-14-24/h12,17-22,24-25H,3-11,13-16H2,1-2H3. The maximum atomic E-state index is 14.7. The van der Waals surface area contributed by atoms with Gasteiger partial charge >= 0.3 is 0 Å². The van der Waals surface area contributed by atoms with Crippen molar-refractivity contribution in [3.05, 3.63) is 47.3 Å². The Morgan fingerprint density at radius 2 is 1.43 bits per heavy atom. The summed E-state index contributed by atoms with van der Waals surface area (Å²) in [6.45, 7) is 4.48. The Balaban J connectivity index is 1.27. The minimum Gasteiger partial charge on any atom is -0.206 e. The van der Waals surface area contributed by atoms with E-state index in [0.717, 1.165) is 59.3 Å². The quantitative estimate of drug-likeness (QED) is 0.429. The highest BCUT2D eigenvalue weighted by molar-refractivity contribution is 5.84. The van der Waals surface area contributed by atoms with Gasteiger partial charge in [-0.05, 0) is 85.1 Å². The zero-order chi connectivity index (χ0) is 20.9. The fraction of sp³-hybridized carbons (Fsp3) is 0.655. The van der Waals surface area contributed by atoms with Crippen molar-refractivity contribution in [1.82, 2.24) is 0 Å². The van der Waals surface area contributed by atoms with Crippen LogP contribution in [0.3, 0.4) is 0 Å². The summed E-state index contributed by atoms with van der Waals surface area (Å²) in [6, 6.07) is 10.5. The first-order chi connectivity index (χ1) is 14.7. The van der Waals surface area contributed by atoms with Crippen LogP contribution in [-0.2, 0) is 12.8 Å². The second kappa shape index (κ2) is 10.3. The van der Waals surface area contributed by atoms with Crippen LogP contribution >= 0.6 is 0 Å². The maximum absolute atomic E-state index is 14.7. The van der Waals surface area contributed by atoms with Crippen molar-refractivity contribution < 1.29 is 4.39 Å². The molecule has 2 aromatic carbocycles. The molecule has 0 radical (unpaired) electrons. The van der Waals surface area contributed by atoms with E-state index in [4.69, 9.17) is 0 Å². The molecule has 0 N–H and O–H groups in total. The zero-order valence-corrected chi connectivity index (χ0v) is 19.3. The molecule has 0 heterocycles. The molecule has 2 fully saturated rings. The van der Waals surface area contributed by atoms with Gasteiger partial charge in [0, 0.05) is 5.39 Å². The summed E-state index contributed by atoms with van der Waals surface area (Å²) in [7, 11) is 0. The summed E-state index contributed by atoms with van der Waals surface area (Å²) in [5, 5.41) is 1.86. The molecular weight excluding hydrogens is 367 g/mol. The molecule has 4 rings (SSSR count). The lowest BCUT2D eigenvalue weighted by Gasteiger charge is -2.37. The van der Waals surface area contributed by atoms with Gasteiger partial charge in [0.2, 0.25) is 0 Å². The van der Waals surface area contributed by atoms with E-state index in [9.17, 15) is 4.39 Å². The third kappa shape index (κ3) is 5.09. The van der Waals surface area contributed by atoms with Crippen molar-refractivity contribution in [2.24, 2.45) is 23.7 Å². The molecule has 0 unspecified atom stereocenters. The van der Waals surface area contributed by atoms with Gasteiger partial charge in [0.15, 0.2) is 0 Å². The Bertz CT molecular complexity index is 806. The molecule has 30 heavy (non-hydrogen) atoms. The Hall–Kier alpha value is -1.37. The second-order valence-corrected chi connectivity index (χ2v) is 10.4. The largest absolute Gasteiger partial charge is 0.206 e. The summed E-state index contributed by atoms with van der Waals surface area (Å²) in [6.07, 6.45) is 17.4. The molecule has 1 heteroatoms. The predicted molar refractivity (Wildman–Crippen MR) is 127 cm³/mol. The van der Waals surface area contributed by atoms with Gasteiger partial charge in [-0.3, -0.25) is 0 Å². The van der Waals surface area contributed by atoms with Gasteiger partial charge < -0.3 is 0 Å². The van der Waals surface area contributed by atoms with Crippen LogP contribution in [0.4, 0.5) is 4.39 Å². The molecule has 0 atom stereocenters. The van der Waals surface area contributed by atoms with Crippen molar-refractivity contribution in [3.8, 4) is 0 Å². The van der Waals surface area contributed by atoms with Gasteiger partial charge in [0.25, 0.3) is 0 Å². The van der Waals surface area contributed by atoms with E-state index >= 15 is 0 Å². The van der Waals surface area contributed by atoms with Crippen LogP contribution in [0, 0.1) is 29.5 Å². The molecule has 2 aliphatic carbocycles. The molecule has 0 bridgehead atoms. The van der Waals surface area contributed by atoms with Crippen LogP contribution in [-0.4, -0.2) is 0 Å². The Kier molecular flexibility index (Phi) is 7.50. The van der Waals surface area contributed by atoms with Crippen LogP contribution in [0.1, 0.15) is 95.6 Å². The Morgan fingerprint density at radius 1 is 0.767 bits per heavy atom. The lowest BCUT2D eigenvalue weighted by Crippen LogP contribution is -2.25. The first-order valence-electron chi connectivity index (χ1n) is 12.9. The van der Waals surface area contributed by atoms with Gasteiger partial charge in [-0.2, -0.15) is 0 Å². The number of fused-ring (bicyclic) bond motifs is 1. The highest BCUT2D eigenvalue weighted by Crippen LogP contribution is 2.42. The van der Waals surface area contributed by atoms with Crippen molar-refractivity contribution in [2.75, 3.05) is 0 Å². The maximum Gasteiger partial charge on any atom is 0.134 e. The van der Waals surface area contributed by atoms with E-state index in [2.05, 4.69) is 32.0 Å².